The van der Waals surface area contributed by atoms with Gasteiger partial charge in [-0.2, -0.15) is 0 Å². The minimum absolute atomic E-state index is 0.589. The van der Waals surface area contributed by atoms with Crippen LogP contribution in [0.4, 0.5) is 0 Å². The second-order valence-corrected chi connectivity index (χ2v) is 13.9. The van der Waals surface area contributed by atoms with E-state index in [1.54, 1.807) is 0 Å². The van der Waals surface area contributed by atoms with Crippen LogP contribution in [-0.4, -0.2) is 15.0 Å². The Balaban J connectivity index is 1.15. The average Bonchev–Trinajstić information content (AvgIpc) is 3.66. The van der Waals surface area contributed by atoms with Crippen LogP contribution in [0.5, 0.6) is 0 Å². The van der Waals surface area contributed by atoms with Crippen LogP contribution >= 0.6 is 0 Å². The Morgan fingerprint density at radius 2 is 0.873 bits per heavy atom. The minimum atomic E-state index is 0.589. The molecule has 2 aromatic heterocycles. The van der Waals surface area contributed by atoms with Crippen molar-refractivity contribution in [2.24, 2.45) is 0 Å². The van der Waals surface area contributed by atoms with E-state index in [0.29, 0.717) is 17.5 Å². The van der Waals surface area contributed by atoms with E-state index in [-0.39, 0.29) is 0 Å². The van der Waals surface area contributed by atoms with Gasteiger partial charge in [0.1, 0.15) is 11.2 Å². The first-order valence-corrected chi connectivity index (χ1v) is 18.5. The molecule has 0 N–H and O–H groups in total. The van der Waals surface area contributed by atoms with Crippen molar-refractivity contribution in [3.8, 4) is 56.4 Å². The molecule has 0 amide bonds. The van der Waals surface area contributed by atoms with Gasteiger partial charge >= 0.3 is 0 Å². The molecule has 256 valence electrons. The van der Waals surface area contributed by atoms with Crippen LogP contribution in [0.25, 0.3) is 111 Å². The Morgan fingerprint density at radius 3 is 1.67 bits per heavy atom. The molecular weight excluding hydrogens is 671 g/mol. The largest absolute Gasteiger partial charge is 0.455 e. The molecule has 0 fully saturated rings. The predicted molar refractivity (Wildman–Crippen MR) is 227 cm³/mol. The molecule has 0 unspecified atom stereocenters. The van der Waals surface area contributed by atoms with Gasteiger partial charge in [-0.3, -0.25) is 0 Å². The second kappa shape index (κ2) is 12.6. The molecule has 0 atom stereocenters. The van der Waals surface area contributed by atoms with Crippen molar-refractivity contribution in [1.82, 2.24) is 15.0 Å². The number of hydrogen-bond donors (Lipinski definition) is 0. The Morgan fingerprint density at radius 1 is 0.309 bits per heavy atom. The first kappa shape index (κ1) is 31.1. The topological polar surface area (TPSA) is 51.8 Å². The molecule has 2 heterocycles. The summed E-state index contributed by atoms with van der Waals surface area (Å²) in [6, 6.07) is 65.7. The van der Waals surface area contributed by atoms with Crippen LogP contribution in [0, 0.1) is 0 Å². The molecule has 0 aliphatic rings. The summed E-state index contributed by atoms with van der Waals surface area (Å²) in [7, 11) is 0. The fraction of sp³-hybridized carbons (Fsp3) is 0. The number of para-hydroxylation sites is 1. The summed E-state index contributed by atoms with van der Waals surface area (Å²) in [5.41, 5.74) is 8.64. The zero-order chi connectivity index (χ0) is 36.3. The lowest BCUT2D eigenvalue weighted by Crippen LogP contribution is -2.01. The van der Waals surface area contributed by atoms with Gasteiger partial charge in [-0.25, -0.2) is 15.0 Å². The van der Waals surface area contributed by atoms with Crippen molar-refractivity contribution in [3.05, 3.63) is 188 Å². The number of fused-ring (bicyclic) bond motifs is 8. The summed E-state index contributed by atoms with van der Waals surface area (Å²) in [6.45, 7) is 0. The van der Waals surface area contributed by atoms with E-state index in [2.05, 4.69) is 152 Å². The highest BCUT2D eigenvalue weighted by molar-refractivity contribution is 6.21. The van der Waals surface area contributed by atoms with E-state index in [9.17, 15) is 0 Å². The molecule has 0 radical (unpaired) electrons. The molecule has 0 spiro atoms. The van der Waals surface area contributed by atoms with Crippen LogP contribution in [0.15, 0.2) is 192 Å². The lowest BCUT2D eigenvalue weighted by atomic mass is 9.92. The smallest absolute Gasteiger partial charge is 0.164 e. The summed E-state index contributed by atoms with van der Waals surface area (Å²) in [5, 5.41) is 9.39. The third kappa shape index (κ3) is 5.19. The molecule has 0 saturated heterocycles. The van der Waals surface area contributed by atoms with Gasteiger partial charge in [-0.15, -0.1) is 0 Å². The van der Waals surface area contributed by atoms with E-state index in [4.69, 9.17) is 19.4 Å². The highest BCUT2D eigenvalue weighted by atomic mass is 16.3. The number of rotatable bonds is 5. The zero-order valence-electron chi connectivity index (χ0n) is 29.6. The molecule has 55 heavy (non-hydrogen) atoms. The summed E-state index contributed by atoms with van der Waals surface area (Å²) >= 11 is 0. The minimum Gasteiger partial charge on any atom is -0.455 e. The number of aromatic nitrogens is 3. The van der Waals surface area contributed by atoms with E-state index < -0.39 is 0 Å². The Kier molecular flexibility index (Phi) is 7.14. The molecule has 9 aromatic carbocycles. The van der Waals surface area contributed by atoms with Gasteiger partial charge < -0.3 is 4.42 Å². The van der Waals surface area contributed by atoms with Gasteiger partial charge in [0.2, 0.25) is 0 Å². The van der Waals surface area contributed by atoms with Crippen LogP contribution < -0.4 is 0 Å². The van der Waals surface area contributed by atoms with Crippen molar-refractivity contribution in [1.29, 1.82) is 0 Å². The maximum absolute atomic E-state index is 6.63. The Bertz CT molecular complexity index is 3250. The summed E-state index contributed by atoms with van der Waals surface area (Å²) in [6.07, 6.45) is 0. The molecular formula is C51H31N3O. The molecule has 4 heteroatoms. The Labute approximate surface area is 317 Å². The number of hydrogen-bond acceptors (Lipinski definition) is 4. The van der Waals surface area contributed by atoms with Crippen molar-refractivity contribution in [3.63, 3.8) is 0 Å². The van der Waals surface area contributed by atoms with Gasteiger partial charge in [0.15, 0.2) is 17.5 Å². The van der Waals surface area contributed by atoms with E-state index in [1.165, 1.54) is 32.3 Å². The van der Waals surface area contributed by atoms with Gasteiger partial charge in [0.05, 0.1) is 0 Å². The normalized spacial score (nSPS) is 11.6. The average molecular weight is 702 g/mol. The van der Waals surface area contributed by atoms with Crippen LogP contribution in [0.3, 0.4) is 0 Å². The monoisotopic (exact) mass is 701 g/mol. The number of nitrogens with zero attached hydrogens (tertiary/aromatic N) is 3. The molecule has 0 aliphatic carbocycles. The molecule has 0 aliphatic heterocycles. The highest BCUT2D eigenvalue weighted by Crippen LogP contribution is 2.42. The lowest BCUT2D eigenvalue weighted by Gasteiger charge is -2.14. The quantitative estimate of drug-likeness (QED) is 0.168. The fourth-order valence-corrected chi connectivity index (χ4v) is 8.12. The maximum atomic E-state index is 6.63. The standard InChI is InChI=1S/C51H31N3O/c1-3-13-32(14-4-1)40-29-30-43(47-42-21-11-12-22-45(42)55-48(40)47)51-53-49(36-16-5-2-6-17-36)52-50(54-51)41-20-10-9-18-38(41)37-28-25-34-24-27-35-26-23-33-15-7-8-19-39(33)46(35)44(34)31-37/h1-31H. The van der Waals surface area contributed by atoms with Crippen LogP contribution in [0.2, 0.25) is 0 Å². The molecule has 0 bridgehead atoms. The van der Waals surface area contributed by atoms with Crippen LogP contribution in [0.1, 0.15) is 0 Å². The van der Waals surface area contributed by atoms with E-state index >= 15 is 0 Å². The van der Waals surface area contributed by atoms with E-state index in [1.807, 2.05) is 36.4 Å². The van der Waals surface area contributed by atoms with Crippen molar-refractivity contribution >= 4 is 54.3 Å². The molecule has 11 aromatic rings. The van der Waals surface area contributed by atoms with Crippen LogP contribution in [-0.2, 0) is 0 Å². The van der Waals surface area contributed by atoms with Crippen molar-refractivity contribution in [2.45, 2.75) is 0 Å². The Hall–Kier alpha value is -7.43. The number of benzene rings is 9. The number of furan rings is 1. The highest BCUT2D eigenvalue weighted by Gasteiger charge is 2.21. The third-order valence-electron chi connectivity index (χ3n) is 10.7. The van der Waals surface area contributed by atoms with Crippen molar-refractivity contribution < 1.29 is 4.42 Å². The third-order valence-corrected chi connectivity index (χ3v) is 10.7. The summed E-state index contributed by atoms with van der Waals surface area (Å²) in [5.74, 6) is 1.81. The fourth-order valence-electron chi connectivity index (χ4n) is 8.12. The molecule has 4 nitrogen and oxygen atoms in total. The van der Waals surface area contributed by atoms with E-state index in [0.717, 1.165) is 60.9 Å². The zero-order valence-corrected chi connectivity index (χ0v) is 29.6. The second-order valence-electron chi connectivity index (χ2n) is 13.9. The van der Waals surface area contributed by atoms with Gasteiger partial charge in [0, 0.05) is 33.0 Å². The van der Waals surface area contributed by atoms with Gasteiger partial charge in [-0.1, -0.05) is 164 Å². The predicted octanol–water partition coefficient (Wildman–Crippen LogP) is 13.6. The first-order chi connectivity index (χ1) is 27.3. The summed E-state index contributed by atoms with van der Waals surface area (Å²) < 4.78 is 6.63. The first-order valence-electron chi connectivity index (χ1n) is 18.5. The van der Waals surface area contributed by atoms with Crippen molar-refractivity contribution in [2.75, 3.05) is 0 Å². The lowest BCUT2D eigenvalue weighted by molar-refractivity contribution is 0.670. The SMILES string of the molecule is c1ccc(-c2nc(-c3ccccc3-c3ccc4ccc5ccc6ccccc6c5c4c3)nc(-c3ccc(-c4ccccc4)c4oc5ccccc5c34)n2)cc1. The maximum Gasteiger partial charge on any atom is 0.164 e. The molecule has 11 rings (SSSR count). The summed E-state index contributed by atoms with van der Waals surface area (Å²) in [4.78, 5) is 15.7. The van der Waals surface area contributed by atoms with Gasteiger partial charge in [0.25, 0.3) is 0 Å². The van der Waals surface area contributed by atoms with Gasteiger partial charge in [-0.05, 0) is 73.3 Å². The molecule has 0 saturated carbocycles.